The van der Waals surface area contributed by atoms with Crippen molar-refractivity contribution in [3.05, 3.63) is 71.5 Å². The lowest BCUT2D eigenvalue weighted by Gasteiger charge is -2.02. The normalized spacial score (nSPS) is 10.8. The molecule has 0 aliphatic heterocycles. The summed E-state index contributed by atoms with van der Waals surface area (Å²) < 4.78 is 5.43. The maximum absolute atomic E-state index is 12.5. The summed E-state index contributed by atoms with van der Waals surface area (Å²) >= 11 is 0. The molecular formula is C18H16O2. The SMILES string of the molecule is CCCc1ccc(C(=O)c2coc3ccccc23)cc1. The van der Waals surface area contributed by atoms with E-state index in [-0.39, 0.29) is 5.78 Å². The number of carbonyl (C=O) groups excluding carboxylic acids is 1. The topological polar surface area (TPSA) is 30.2 Å². The minimum Gasteiger partial charge on any atom is -0.464 e. The van der Waals surface area contributed by atoms with Crippen LogP contribution in [0.25, 0.3) is 11.0 Å². The zero-order valence-electron chi connectivity index (χ0n) is 11.4. The number of ketones is 1. The van der Waals surface area contributed by atoms with Crippen molar-refractivity contribution in [3.8, 4) is 0 Å². The van der Waals surface area contributed by atoms with E-state index in [1.54, 1.807) is 6.26 Å². The van der Waals surface area contributed by atoms with Gasteiger partial charge in [0.25, 0.3) is 0 Å². The van der Waals surface area contributed by atoms with Crippen LogP contribution < -0.4 is 0 Å². The summed E-state index contributed by atoms with van der Waals surface area (Å²) in [4.78, 5) is 12.5. The largest absolute Gasteiger partial charge is 0.464 e. The van der Waals surface area contributed by atoms with Gasteiger partial charge in [-0.05, 0) is 18.1 Å². The number of fused-ring (bicyclic) bond motifs is 1. The maximum Gasteiger partial charge on any atom is 0.196 e. The fraction of sp³-hybridized carbons (Fsp3) is 0.167. The van der Waals surface area contributed by atoms with Crippen molar-refractivity contribution >= 4 is 16.8 Å². The number of benzene rings is 2. The Bertz CT molecular complexity index is 735. The predicted octanol–water partition coefficient (Wildman–Crippen LogP) is 4.62. The Labute approximate surface area is 118 Å². The van der Waals surface area contributed by atoms with Crippen molar-refractivity contribution < 1.29 is 9.21 Å². The van der Waals surface area contributed by atoms with E-state index in [2.05, 4.69) is 6.92 Å². The highest BCUT2D eigenvalue weighted by atomic mass is 16.3. The van der Waals surface area contributed by atoms with Crippen LogP contribution >= 0.6 is 0 Å². The zero-order valence-corrected chi connectivity index (χ0v) is 11.4. The number of hydrogen-bond acceptors (Lipinski definition) is 2. The van der Waals surface area contributed by atoms with E-state index >= 15 is 0 Å². The first kappa shape index (κ1) is 12.7. The van der Waals surface area contributed by atoms with Gasteiger partial charge in [0.05, 0.1) is 5.56 Å². The number of furan rings is 1. The van der Waals surface area contributed by atoms with E-state index in [0.717, 1.165) is 23.8 Å². The second-order valence-corrected chi connectivity index (χ2v) is 4.92. The first-order chi connectivity index (χ1) is 9.79. The highest BCUT2D eigenvalue weighted by Crippen LogP contribution is 2.23. The van der Waals surface area contributed by atoms with Crippen LogP contribution in [0.5, 0.6) is 0 Å². The number of carbonyl (C=O) groups is 1. The van der Waals surface area contributed by atoms with Crippen LogP contribution in [-0.4, -0.2) is 5.78 Å². The predicted molar refractivity (Wildman–Crippen MR) is 80.1 cm³/mol. The van der Waals surface area contributed by atoms with Gasteiger partial charge in [-0.25, -0.2) is 0 Å². The third-order valence-corrected chi connectivity index (χ3v) is 3.48. The second kappa shape index (κ2) is 5.33. The Kier molecular flexibility index (Phi) is 3.38. The van der Waals surface area contributed by atoms with Crippen molar-refractivity contribution in [1.82, 2.24) is 0 Å². The molecule has 0 radical (unpaired) electrons. The van der Waals surface area contributed by atoms with E-state index in [1.807, 2.05) is 48.5 Å². The molecule has 3 rings (SSSR count). The highest BCUT2D eigenvalue weighted by Gasteiger charge is 2.15. The Balaban J connectivity index is 1.95. The molecule has 100 valence electrons. The van der Waals surface area contributed by atoms with Crippen LogP contribution in [0.3, 0.4) is 0 Å². The van der Waals surface area contributed by atoms with Gasteiger partial charge in [0, 0.05) is 10.9 Å². The van der Waals surface area contributed by atoms with Gasteiger partial charge in [-0.1, -0.05) is 55.8 Å². The van der Waals surface area contributed by atoms with Crippen molar-refractivity contribution in [1.29, 1.82) is 0 Å². The first-order valence-electron chi connectivity index (χ1n) is 6.89. The molecule has 0 N–H and O–H groups in total. The summed E-state index contributed by atoms with van der Waals surface area (Å²) in [5.41, 5.74) is 3.35. The van der Waals surface area contributed by atoms with Gasteiger partial charge < -0.3 is 4.42 Å². The van der Waals surface area contributed by atoms with Crippen LogP contribution in [-0.2, 0) is 6.42 Å². The second-order valence-electron chi connectivity index (χ2n) is 4.92. The molecule has 0 saturated heterocycles. The Morgan fingerprint density at radius 1 is 1.05 bits per heavy atom. The van der Waals surface area contributed by atoms with E-state index in [9.17, 15) is 4.79 Å². The number of rotatable bonds is 4. The minimum absolute atomic E-state index is 0.0120. The molecule has 0 saturated carbocycles. The molecule has 0 aliphatic rings. The van der Waals surface area contributed by atoms with Crippen LogP contribution in [0.1, 0.15) is 34.8 Å². The molecule has 0 fully saturated rings. The van der Waals surface area contributed by atoms with E-state index in [0.29, 0.717) is 11.1 Å². The zero-order chi connectivity index (χ0) is 13.9. The van der Waals surface area contributed by atoms with Gasteiger partial charge in [-0.2, -0.15) is 0 Å². The average molecular weight is 264 g/mol. The van der Waals surface area contributed by atoms with Crippen molar-refractivity contribution in [2.75, 3.05) is 0 Å². The summed E-state index contributed by atoms with van der Waals surface area (Å²) in [6.45, 7) is 2.15. The van der Waals surface area contributed by atoms with Gasteiger partial charge in [0.2, 0.25) is 0 Å². The number of para-hydroxylation sites is 1. The van der Waals surface area contributed by atoms with Gasteiger partial charge in [-0.3, -0.25) is 4.79 Å². The molecule has 1 aromatic heterocycles. The molecule has 2 heteroatoms. The number of aryl methyl sites for hydroxylation is 1. The molecule has 0 atom stereocenters. The molecule has 0 unspecified atom stereocenters. The number of hydrogen-bond donors (Lipinski definition) is 0. The lowest BCUT2D eigenvalue weighted by molar-refractivity contribution is 0.103. The van der Waals surface area contributed by atoms with Crippen molar-refractivity contribution in [2.45, 2.75) is 19.8 Å². The highest BCUT2D eigenvalue weighted by molar-refractivity contribution is 6.15. The maximum atomic E-state index is 12.5. The van der Waals surface area contributed by atoms with E-state index < -0.39 is 0 Å². The van der Waals surface area contributed by atoms with Crippen molar-refractivity contribution in [3.63, 3.8) is 0 Å². The fourth-order valence-electron chi connectivity index (χ4n) is 2.42. The Morgan fingerprint density at radius 2 is 1.80 bits per heavy atom. The average Bonchev–Trinajstić information content (AvgIpc) is 2.92. The fourth-order valence-corrected chi connectivity index (χ4v) is 2.42. The molecule has 0 amide bonds. The molecule has 2 aromatic carbocycles. The molecule has 20 heavy (non-hydrogen) atoms. The Morgan fingerprint density at radius 3 is 2.55 bits per heavy atom. The summed E-state index contributed by atoms with van der Waals surface area (Å²) in [7, 11) is 0. The van der Waals surface area contributed by atoms with Gasteiger partial charge in [0.15, 0.2) is 5.78 Å². The molecule has 0 aliphatic carbocycles. The quantitative estimate of drug-likeness (QED) is 0.644. The minimum atomic E-state index is 0.0120. The molecule has 0 bridgehead atoms. The summed E-state index contributed by atoms with van der Waals surface area (Å²) in [6.07, 6.45) is 3.70. The summed E-state index contributed by atoms with van der Waals surface area (Å²) in [6, 6.07) is 15.5. The molecule has 0 spiro atoms. The molecular weight excluding hydrogens is 248 g/mol. The summed E-state index contributed by atoms with van der Waals surface area (Å²) in [5.74, 6) is 0.0120. The molecule has 1 heterocycles. The van der Waals surface area contributed by atoms with Crippen LogP contribution in [0.15, 0.2) is 59.2 Å². The van der Waals surface area contributed by atoms with Crippen molar-refractivity contribution in [2.24, 2.45) is 0 Å². The van der Waals surface area contributed by atoms with Gasteiger partial charge >= 0.3 is 0 Å². The third kappa shape index (κ3) is 2.25. The van der Waals surface area contributed by atoms with Crippen LogP contribution in [0.4, 0.5) is 0 Å². The third-order valence-electron chi connectivity index (χ3n) is 3.48. The molecule has 3 aromatic rings. The standard InChI is InChI=1S/C18H16O2/c1-2-5-13-8-10-14(11-9-13)18(19)16-12-20-17-7-4-3-6-15(16)17/h3-4,6-12H,2,5H2,1H3. The lowest BCUT2D eigenvalue weighted by Crippen LogP contribution is -2.00. The van der Waals surface area contributed by atoms with Crippen LogP contribution in [0, 0.1) is 0 Å². The van der Waals surface area contributed by atoms with E-state index in [4.69, 9.17) is 4.42 Å². The monoisotopic (exact) mass is 264 g/mol. The first-order valence-corrected chi connectivity index (χ1v) is 6.89. The van der Waals surface area contributed by atoms with Gasteiger partial charge in [0.1, 0.15) is 11.8 Å². The van der Waals surface area contributed by atoms with Crippen LogP contribution in [0.2, 0.25) is 0 Å². The van der Waals surface area contributed by atoms with Gasteiger partial charge in [-0.15, -0.1) is 0 Å². The Hall–Kier alpha value is -2.35. The summed E-state index contributed by atoms with van der Waals surface area (Å²) in [5, 5.41) is 0.870. The smallest absolute Gasteiger partial charge is 0.196 e. The lowest BCUT2D eigenvalue weighted by atomic mass is 10.0. The van der Waals surface area contributed by atoms with E-state index in [1.165, 1.54) is 5.56 Å². The molecule has 2 nitrogen and oxygen atoms in total.